The molecule has 2 rings (SSSR count). The predicted molar refractivity (Wildman–Crippen MR) is 82.3 cm³/mol. The Kier molecular flexibility index (Phi) is 4.99. The van der Waals surface area contributed by atoms with E-state index in [4.69, 9.17) is 11.6 Å². The van der Waals surface area contributed by atoms with Crippen LogP contribution in [-0.2, 0) is 0 Å². The molecule has 1 aromatic rings. The van der Waals surface area contributed by atoms with Crippen LogP contribution in [0.15, 0.2) is 0 Å². The van der Waals surface area contributed by atoms with Gasteiger partial charge in [0.05, 0.1) is 0 Å². The van der Waals surface area contributed by atoms with Crippen molar-refractivity contribution < 1.29 is 0 Å². The standard InChI is InChI=1S/C13H23ClN6/c1-4-15-11-17-10(14)18-12(19-11)16-9-13(2)5-7-20(3)8-6-13/h4-9H2,1-3H3,(H2,15,16,17,18,19). The first-order valence-electron chi connectivity index (χ1n) is 7.09. The lowest BCUT2D eigenvalue weighted by Crippen LogP contribution is -2.40. The molecule has 0 spiro atoms. The number of hydrogen-bond donors (Lipinski definition) is 2. The van der Waals surface area contributed by atoms with Gasteiger partial charge in [0.25, 0.3) is 0 Å². The summed E-state index contributed by atoms with van der Waals surface area (Å²) >= 11 is 5.91. The summed E-state index contributed by atoms with van der Waals surface area (Å²) in [6.07, 6.45) is 2.35. The molecule has 2 heterocycles. The van der Waals surface area contributed by atoms with Crippen LogP contribution in [-0.4, -0.2) is 53.1 Å². The third-order valence-electron chi connectivity index (χ3n) is 3.81. The van der Waals surface area contributed by atoms with Gasteiger partial charge in [-0.25, -0.2) is 0 Å². The summed E-state index contributed by atoms with van der Waals surface area (Å²) in [5, 5.41) is 6.57. The van der Waals surface area contributed by atoms with Crippen molar-refractivity contribution in [3.8, 4) is 0 Å². The molecular formula is C13H23ClN6. The number of anilines is 2. The van der Waals surface area contributed by atoms with E-state index in [1.165, 1.54) is 12.8 Å². The van der Waals surface area contributed by atoms with Crippen LogP contribution in [0.25, 0.3) is 0 Å². The van der Waals surface area contributed by atoms with Gasteiger partial charge in [-0.05, 0) is 56.9 Å². The lowest BCUT2D eigenvalue weighted by molar-refractivity contribution is 0.150. The van der Waals surface area contributed by atoms with Crippen molar-refractivity contribution in [2.45, 2.75) is 26.7 Å². The van der Waals surface area contributed by atoms with Gasteiger partial charge in [0.15, 0.2) is 0 Å². The second-order valence-electron chi connectivity index (χ2n) is 5.75. The van der Waals surface area contributed by atoms with Crippen LogP contribution in [0.1, 0.15) is 26.7 Å². The highest BCUT2D eigenvalue weighted by Crippen LogP contribution is 2.30. The van der Waals surface area contributed by atoms with Crippen LogP contribution >= 0.6 is 11.6 Å². The fourth-order valence-electron chi connectivity index (χ4n) is 2.29. The first-order valence-corrected chi connectivity index (χ1v) is 7.46. The Bertz CT molecular complexity index is 444. The van der Waals surface area contributed by atoms with E-state index in [1.54, 1.807) is 0 Å². The maximum Gasteiger partial charge on any atom is 0.228 e. The van der Waals surface area contributed by atoms with E-state index < -0.39 is 0 Å². The number of nitrogens with zero attached hydrogens (tertiary/aromatic N) is 4. The lowest BCUT2D eigenvalue weighted by Gasteiger charge is -2.37. The molecule has 7 heteroatoms. The van der Waals surface area contributed by atoms with Crippen molar-refractivity contribution in [3.63, 3.8) is 0 Å². The van der Waals surface area contributed by atoms with E-state index in [1.807, 2.05) is 6.92 Å². The van der Waals surface area contributed by atoms with E-state index in [-0.39, 0.29) is 10.7 Å². The van der Waals surface area contributed by atoms with Gasteiger partial charge in [-0.2, -0.15) is 15.0 Å². The fourth-order valence-corrected chi connectivity index (χ4v) is 2.45. The Morgan fingerprint density at radius 3 is 2.35 bits per heavy atom. The average Bonchev–Trinajstić information content (AvgIpc) is 2.40. The molecule has 0 amide bonds. The van der Waals surface area contributed by atoms with Crippen molar-refractivity contribution in [1.29, 1.82) is 0 Å². The zero-order chi connectivity index (χ0) is 14.6. The van der Waals surface area contributed by atoms with Gasteiger partial charge in [-0.1, -0.05) is 6.92 Å². The van der Waals surface area contributed by atoms with Crippen molar-refractivity contribution >= 4 is 23.5 Å². The van der Waals surface area contributed by atoms with Crippen molar-refractivity contribution in [3.05, 3.63) is 5.28 Å². The zero-order valence-electron chi connectivity index (χ0n) is 12.4. The maximum absolute atomic E-state index is 5.91. The van der Waals surface area contributed by atoms with Crippen LogP contribution in [0.2, 0.25) is 5.28 Å². The van der Waals surface area contributed by atoms with Crippen molar-refractivity contribution in [2.75, 3.05) is 43.9 Å². The predicted octanol–water partition coefficient (Wildman–Crippen LogP) is 2.10. The summed E-state index contributed by atoms with van der Waals surface area (Å²) < 4.78 is 0. The molecule has 0 radical (unpaired) electrons. The molecule has 0 aliphatic carbocycles. The molecule has 112 valence electrons. The summed E-state index contributed by atoms with van der Waals surface area (Å²) in [4.78, 5) is 14.8. The molecule has 1 aromatic heterocycles. The Labute approximate surface area is 125 Å². The van der Waals surface area contributed by atoms with Crippen LogP contribution in [0, 0.1) is 5.41 Å². The molecule has 0 saturated carbocycles. The summed E-state index contributed by atoms with van der Waals surface area (Å²) in [6.45, 7) is 8.18. The second kappa shape index (κ2) is 6.54. The smallest absolute Gasteiger partial charge is 0.228 e. The van der Waals surface area contributed by atoms with Gasteiger partial charge in [-0.15, -0.1) is 0 Å². The summed E-state index contributed by atoms with van der Waals surface area (Å²) in [5.41, 5.74) is 0.282. The number of rotatable bonds is 5. The second-order valence-corrected chi connectivity index (χ2v) is 6.09. The van der Waals surface area contributed by atoms with E-state index in [0.29, 0.717) is 11.9 Å². The molecule has 6 nitrogen and oxygen atoms in total. The monoisotopic (exact) mass is 298 g/mol. The Morgan fingerprint density at radius 1 is 1.15 bits per heavy atom. The molecule has 20 heavy (non-hydrogen) atoms. The average molecular weight is 299 g/mol. The highest BCUT2D eigenvalue weighted by Gasteiger charge is 2.28. The van der Waals surface area contributed by atoms with Crippen LogP contribution < -0.4 is 10.6 Å². The molecule has 0 bridgehead atoms. The third kappa shape index (κ3) is 4.18. The molecule has 0 aromatic carbocycles. The number of nitrogens with one attached hydrogen (secondary N) is 2. The minimum Gasteiger partial charge on any atom is -0.354 e. The highest BCUT2D eigenvalue weighted by atomic mass is 35.5. The molecule has 1 saturated heterocycles. The summed E-state index contributed by atoms with van der Waals surface area (Å²) in [5.74, 6) is 1.06. The third-order valence-corrected chi connectivity index (χ3v) is 3.98. The molecule has 2 N–H and O–H groups in total. The minimum absolute atomic E-state index is 0.215. The number of likely N-dealkylation sites (tertiary alicyclic amines) is 1. The highest BCUT2D eigenvalue weighted by molar-refractivity contribution is 6.28. The van der Waals surface area contributed by atoms with Gasteiger partial charge >= 0.3 is 0 Å². The normalized spacial score (nSPS) is 18.8. The topological polar surface area (TPSA) is 66.0 Å². The fraction of sp³-hybridized carbons (Fsp3) is 0.769. The number of piperidine rings is 1. The van der Waals surface area contributed by atoms with Crippen LogP contribution in [0.5, 0.6) is 0 Å². The molecule has 0 atom stereocenters. The molecule has 1 aliphatic rings. The number of hydrogen-bond acceptors (Lipinski definition) is 6. The van der Waals surface area contributed by atoms with E-state index in [2.05, 4.69) is 44.5 Å². The molecular weight excluding hydrogens is 276 g/mol. The van der Waals surface area contributed by atoms with Crippen LogP contribution in [0.4, 0.5) is 11.9 Å². The first-order chi connectivity index (χ1) is 9.50. The number of halogens is 1. The van der Waals surface area contributed by atoms with E-state index >= 15 is 0 Å². The quantitative estimate of drug-likeness (QED) is 0.868. The lowest BCUT2D eigenvalue weighted by atomic mass is 9.80. The van der Waals surface area contributed by atoms with Crippen LogP contribution in [0.3, 0.4) is 0 Å². The summed E-state index contributed by atoms with van der Waals surface area (Å²) in [6, 6.07) is 0. The SMILES string of the molecule is CCNc1nc(Cl)nc(NCC2(C)CCN(C)CC2)n1. The first kappa shape index (κ1) is 15.3. The molecule has 1 aliphatic heterocycles. The van der Waals surface area contributed by atoms with E-state index in [0.717, 1.165) is 26.2 Å². The Balaban J connectivity index is 1.96. The largest absolute Gasteiger partial charge is 0.354 e. The van der Waals surface area contributed by atoms with E-state index in [9.17, 15) is 0 Å². The Morgan fingerprint density at radius 2 is 1.75 bits per heavy atom. The van der Waals surface area contributed by atoms with Gasteiger partial charge in [0.1, 0.15) is 0 Å². The van der Waals surface area contributed by atoms with Crippen molar-refractivity contribution in [2.24, 2.45) is 5.41 Å². The van der Waals surface area contributed by atoms with Gasteiger partial charge in [-0.3, -0.25) is 0 Å². The number of aromatic nitrogens is 3. The van der Waals surface area contributed by atoms with Gasteiger partial charge < -0.3 is 15.5 Å². The summed E-state index contributed by atoms with van der Waals surface area (Å²) in [7, 11) is 2.17. The maximum atomic E-state index is 5.91. The Hall–Kier alpha value is -1.14. The molecule has 1 fully saturated rings. The van der Waals surface area contributed by atoms with Gasteiger partial charge in [0.2, 0.25) is 17.2 Å². The van der Waals surface area contributed by atoms with Crippen molar-refractivity contribution in [1.82, 2.24) is 19.9 Å². The minimum atomic E-state index is 0.215. The van der Waals surface area contributed by atoms with Gasteiger partial charge in [0, 0.05) is 13.1 Å². The zero-order valence-corrected chi connectivity index (χ0v) is 13.2. The molecule has 0 unspecified atom stereocenters.